The van der Waals surface area contributed by atoms with E-state index in [4.69, 9.17) is 4.74 Å². The van der Waals surface area contributed by atoms with Gasteiger partial charge in [-0.2, -0.15) is 0 Å². The number of hydrogen-bond acceptors (Lipinski definition) is 1. The van der Waals surface area contributed by atoms with Crippen LogP contribution in [0.15, 0.2) is 12.2 Å². The van der Waals surface area contributed by atoms with Crippen molar-refractivity contribution in [3.8, 4) is 0 Å². The Labute approximate surface area is 166 Å². The van der Waals surface area contributed by atoms with Crippen LogP contribution in [0.4, 0.5) is 0 Å². The van der Waals surface area contributed by atoms with Crippen molar-refractivity contribution in [2.45, 2.75) is 110 Å². The normalized spacial score (nSPS) is 11.8. The zero-order valence-corrected chi connectivity index (χ0v) is 20.0. The maximum atomic E-state index is 5.52. The number of unbranched alkanes of at least 4 members (excludes halogenated alkanes) is 12. The largest absolute Gasteiger partial charge is 0.377 e. The highest BCUT2D eigenvalue weighted by Gasteiger charge is 2.14. The molecule has 0 rings (SSSR count). The first-order valence-electron chi connectivity index (χ1n) is 10.3. The lowest BCUT2D eigenvalue weighted by molar-refractivity contribution is 0.151. The number of ether oxygens (including phenoxy) is 1. The number of hydrogen-bond donors (Lipinski definition) is 0. The predicted octanol–water partition coefficient (Wildman–Crippen LogP) is 8.29. The molecule has 0 aromatic rings. The monoisotopic (exact) mass is 466 g/mol. The van der Waals surface area contributed by atoms with Crippen LogP contribution in [0.1, 0.15) is 90.4 Å². The first-order chi connectivity index (χ1) is 11.4. The van der Waals surface area contributed by atoms with Gasteiger partial charge in [-0.1, -0.05) is 102 Å². The summed E-state index contributed by atoms with van der Waals surface area (Å²) in [4.78, 5) is 0. The van der Waals surface area contributed by atoms with Gasteiger partial charge in [-0.3, -0.25) is 0 Å². The Hall–Kier alpha value is 0.647. The summed E-state index contributed by atoms with van der Waals surface area (Å²) < 4.78 is 5.52. The SMILES string of the molecule is C=C(C)COCCCCCCCCCCCCCCC[Si](C)(C)I. The lowest BCUT2D eigenvalue weighted by atomic mass is 10.0. The summed E-state index contributed by atoms with van der Waals surface area (Å²) in [7, 11) is 0. The molecule has 0 aliphatic rings. The molecule has 0 amide bonds. The zero-order valence-electron chi connectivity index (χ0n) is 16.8. The van der Waals surface area contributed by atoms with Crippen molar-refractivity contribution < 1.29 is 4.74 Å². The van der Waals surface area contributed by atoms with Crippen LogP contribution < -0.4 is 0 Å². The molecule has 0 atom stereocenters. The van der Waals surface area contributed by atoms with Gasteiger partial charge in [0.2, 0.25) is 0 Å². The summed E-state index contributed by atoms with van der Waals surface area (Å²) in [6.07, 6.45) is 18.5. The minimum Gasteiger partial charge on any atom is -0.377 e. The van der Waals surface area contributed by atoms with Crippen molar-refractivity contribution in [2.24, 2.45) is 0 Å². The fourth-order valence-corrected chi connectivity index (χ4v) is 5.18. The maximum Gasteiger partial charge on any atom is 0.119 e. The van der Waals surface area contributed by atoms with E-state index < -0.39 is 5.57 Å². The fraction of sp³-hybridized carbons (Fsp3) is 0.905. The van der Waals surface area contributed by atoms with Crippen molar-refractivity contribution in [1.82, 2.24) is 0 Å². The highest BCUT2D eigenvalue weighted by molar-refractivity contribution is 14.1. The molecule has 0 unspecified atom stereocenters. The summed E-state index contributed by atoms with van der Waals surface area (Å²) >= 11 is 2.71. The van der Waals surface area contributed by atoms with E-state index >= 15 is 0 Å². The Balaban J connectivity index is 3.04. The summed E-state index contributed by atoms with van der Waals surface area (Å²) in [5.41, 5.74) is 0.317. The lowest BCUT2D eigenvalue weighted by Gasteiger charge is -2.12. The van der Waals surface area contributed by atoms with E-state index in [-0.39, 0.29) is 0 Å². The molecule has 0 spiro atoms. The van der Waals surface area contributed by atoms with E-state index in [1.54, 1.807) is 0 Å². The lowest BCUT2D eigenvalue weighted by Crippen LogP contribution is -2.13. The van der Waals surface area contributed by atoms with Gasteiger partial charge in [-0.05, 0) is 19.4 Å². The Kier molecular flexibility index (Phi) is 17.5. The second-order valence-corrected chi connectivity index (χ2v) is 20.8. The summed E-state index contributed by atoms with van der Waals surface area (Å²) in [5, 5.41) is 0. The molecule has 0 radical (unpaired) electrons. The van der Waals surface area contributed by atoms with Crippen LogP contribution in [0.3, 0.4) is 0 Å². The topological polar surface area (TPSA) is 9.23 Å². The molecule has 0 heterocycles. The maximum absolute atomic E-state index is 5.52. The summed E-state index contributed by atoms with van der Waals surface area (Å²) in [5.74, 6) is 0. The average molecular weight is 467 g/mol. The number of halogens is 1. The molecule has 0 bridgehead atoms. The highest BCUT2D eigenvalue weighted by Crippen LogP contribution is 2.21. The molecule has 0 aromatic carbocycles. The van der Waals surface area contributed by atoms with Crippen molar-refractivity contribution in [3.63, 3.8) is 0 Å². The van der Waals surface area contributed by atoms with Crippen LogP contribution in [0, 0.1) is 0 Å². The van der Waals surface area contributed by atoms with Crippen molar-refractivity contribution >= 4 is 27.4 Å². The third-order valence-corrected chi connectivity index (χ3v) is 7.57. The van der Waals surface area contributed by atoms with Gasteiger partial charge in [-0.15, -0.1) is 21.8 Å². The van der Waals surface area contributed by atoms with Gasteiger partial charge in [0.1, 0.15) is 5.57 Å². The van der Waals surface area contributed by atoms with E-state index in [2.05, 4.69) is 41.5 Å². The highest BCUT2D eigenvalue weighted by atomic mass is 127. The molecule has 0 aliphatic heterocycles. The van der Waals surface area contributed by atoms with Crippen molar-refractivity contribution in [2.75, 3.05) is 13.2 Å². The predicted molar refractivity (Wildman–Crippen MR) is 122 cm³/mol. The number of rotatable bonds is 18. The van der Waals surface area contributed by atoms with E-state index in [1.165, 1.54) is 89.5 Å². The van der Waals surface area contributed by atoms with Crippen LogP contribution in [-0.2, 0) is 4.74 Å². The van der Waals surface area contributed by atoms with Crippen molar-refractivity contribution in [1.29, 1.82) is 0 Å². The molecule has 0 aliphatic carbocycles. The van der Waals surface area contributed by atoms with Crippen LogP contribution in [-0.4, -0.2) is 18.8 Å². The standard InChI is InChI=1S/C21H43IOSi/c1-21(2)20-23-18-16-14-12-10-8-6-5-7-9-11-13-15-17-19-24(3,4)22/h1,5-20H2,2-4H3. The van der Waals surface area contributed by atoms with E-state index in [9.17, 15) is 0 Å². The van der Waals surface area contributed by atoms with Gasteiger partial charge in [0.25, 0.3) is 0 Å². The molecule has 3 heteroatoms. The fourth-order valence-electron chi connectivity index (χ4n) is 2.94. The van der Waals surface area contributed by atoms with Gasteiger partial charge < -0.3 is 4.74 Å². The Morgan fingerprint density at radius 1 is 0.750 bits per heavy atom. The first kappa shape index (κ1) is 24.6. The minimum atomic E-state index is -0.809. The quantitative estimate of drug-likeness (QED) is 0.0649. The smallest absolute Gasteiger partial charge is 0.119 e. The van der Waals surface area contributed by atoms with E-state index in [0.29, 0.717) is 0 Å². The minimum absolute atomic E-state index is 0.734. The third kappa shape index (κ3) is 22.6. The molecular weight excluding hydrogens is 423 g/mol. The van der Waals surface area contributed by atoms with Gasteiger partial charge in [0.05, 0.1) is 6.61 Å². The molecule has 24 heavy (non-hydrogen) atoms. The zero-order chi connectivity index (χ0) is 18.1. The summed E-state index contributed by atoms with van der Waals surface area (Å²) in [6, 6.07) is 1.51. The van der Waals surface area contributed by atoms with Gasteiger partial charge >= 0.3 is 0 Å². The van der Waals surface area contributed by atoms with Crippen LogP contribution >= 0.6 is 21.8 Å². The molecule has 144 valence electrons. The molecule has 0 saturated carbocycles. The second-order valence-electron chi connectivity index (χ2n) is 8.07. The van der Waals surface area contributed by atoms with E-state index in [1.807, 2.05) is 6.92 Å². The summed E-state index contributed by atoms with van der Waals surface area (Å²) in [6.45, 7) is 12.5. The van der Waals surface area contributed by atoms with Crippen molar-refractivity contribution in [3.05, 3.63) is 12.2 Å². The molecule has 1 nitrogen and oxygen atoms in total. The third-order valence-electron chi connectivity index (χ3n) is 4.41. The van der Waals surface area contributed by atoms with Gasteiger partial charge in [0, 0.05) is 6.61 Å². The Bertz CT molecular complexity index is 286. The molecule has 0 saturated heterocycles. The van der Waals surface area contributed by atoms with Crippen LogP contribution in [0.25, 0.3) is 0 Å². The van der Waals surface area contributed by atoms with Gasteiger partial charge in [-0.25, -0.2) is 0 Å². The Morgan fingerprint density at radius 2 is 1.12 bits per heavy atom. The average Bonchev–Trinajstić information content (AvgIpc) is 2.49. The molecule has 0 N–H and O–H groups in total. The van der Waals surface area contributed by atoms with Crippen LogP contribution in [0.2, 0.25) is 19.1 Å². The van der Waals surface area contributed by atoms with Crippen LogP contribution in [0.5, 0.6) is 0 Å². The second kappa shape index (κ2) is 17.1. The molecule has 0 fully saturated rings. The first-order valence-corrected chi connectivity index (χ1v) is 16.6. The van der Waals surface area contributed by atoms with Gasteiger partial charge in [0.15, 0.2) is 0 Å². The van der Waals surface area contributed by atoms with E-state index in [0.717, 1.165) is 18.8 Å². The molecule has 0 aromatic heterocycles. The Morgan fingerprint density at radius 3 is 1.50 bits per heavy atom. The molecular formula is C21H43IOSi.